The fourth-order valence-corrected chi connectivity index (χ4v) is 2.45. The first kappa shape index (κ1) is 17.0. The number of carbonyl (C=O) groups is 1. The van der Waals surface area contributed by atoms with Gasteiger partial charge in [-0.15, -0.1) is 0 Å². The van der Waals surface area contributed by atoms with Crippen LogP contribution in [0.3, 0.4) is 0 Å². The van der Waals surface area contributed by atoms with Gasteiger partial charge in [0.15, 0.2) is 11.7 Å². The molecule has 0 aromatic carbocycles. The Morgan fingerprint density at radius 3 is 2.48 bits per heavy atom. The number of rotatable bonds is 6. The van der Waals surface area contributed by atoms with E-state index in [-0.39, 0.29) is 22.9 Å². The lowest BCUT2D eigenvalue weighted by atomic mass is 9.93. The molecule has 8 heteroatoms. The lowest BCUT2D eigenvalue weighted by Crippen LogP contribution is -2.23. The van der Waals surface area contributed by atoms with Crippen LogP contribution in [0.4, 0.5) is 0 Å². The first-order valence-electron chi connectivity index (χ1n) is 7.30. The molecule has 2 rings (SSSR count). The molecule has 3 N–H and O–H groups in total. The van der Waals surface area contributed by atoms with Crippen LogP contribution >= 0.6 is 0 Å². The highest BCUT2D eigenvalue weighted by molar-refractivity contribution is 5.79. The van der Waals surface area contributed by atoms with E-state index in [9.17, 15) is 19.8 Å². The second-order valence-electron chi connectivity index (χ2n) is 5.90. The van der Waals surface area contributed by atoms with E-state index in [0.29, 0.717) is 12.2 Å². The maximum Gasteiger partial charge on any atom is 0.519 e. The van der Waals surface area contributed by atoms with Crippen LogP contribution in [0.5, 0.6) is 0 Å². The summed E-state index contributed by atoms with van der Waals surface area (Å²) < 4.78 is 9.66. The molecule has 0 amide bonds. The molecule has 0 aliphatic carbocycles. The van der Waals surface area contributed by atoms with Crippen LogP contribution in [0.15, 0.2) is 13.6 Å². The zero-order valence-corrected chi connectivity index (χ0v) is 13.5. The summed E-state index contributed by atoms with van der Waals surface area (Å²) in [6.07, 6.45) is 1.40. The number of aromatic amines is 1. The summed E-state index contributed by atoms with van der Waals surface area (Å²) in [7, 11) is 0. The quantitative estimate of drug-likeness (QED) is 0.736. The number of aliphatic hydroxyl groups is 1. The second kappa shape index (κ2) is 6.04. The summed E-state index contributed by atoms with van der Waals surface area (Å²) in [5.41, 5.74) is -0.971. The van der Waals surface area contributed by atoms with Crippen molar-refractivity contribution in [1.29, 1.82) is 0 Å². The van der Waals surface area contributed by atoms with Crippen LogP contribution in [0, 0.1) is 6.92 Å². The van der Waals surface area contributed by atoms with E-state index in [1.165, 1.54) is 20.8 Å². The molecule has 8 nitrogen and oxygen atoms in total. The minimum absolute atomic E-state index is 0.0794. The van der Waals surface area contributed by atoms with Crippen LogP contribution in [0.25, 0.3) is 0 Å². The Morgan fingerprint density at radius 2 is 2.04 bits per heavy atom. The summed E-state index contributed by atoms with van der Waals surface area (Å²) in [5, 5.41) is 19.9. The molecule has 126 valence electrons. The van der Waals surface area contributed by atoms with E-state index in [2.05, 4.69) is 9.97 Å². The molecule has 23 heavy (non-hydrogen) atoms. The summed E-state index contributed by atoms with van der Waals surface area (Å²) in [6.45, 7) is 6.43. The van der Waals surface area contributed by atoms with Gasteiger partial charge >= 0.3 is 11.8 Å². The van der Waals surface area contributed by atoms with Crippen LogP contribution in [-0.2, 0) is 16.8 Å². The molecule has 0 aliphatic rings. The van der Waals surface area contributed by atoms with Crippen LogP contribution < -0.4 is 5.82 Å². The molecule has 0 aliphatic heterocycles. The number of hydrogen-bond acceptors (Lipinski definition) is 6. The third-order valence-electron chi connectivity index (χ3n) is 3.42. The van der Waals surface area contributed by atoms with Crippen molar-refractivity contribution in [3.8, 4) is 0 Å². The highest BCUT2D eigenvalue weighted by Gasteiger charge is 2.37. The number of aromatic nitrogens is 2. The number of carboxylic acids is 1. The van der Waals surface area contributed by atoms with Gasteiger partial charge in [0.05, 0.1) is 11.4 Å². The predicted molar refractivity (Wildman–Crippen MR) is 79.3 cm³/mol. The lowest BCUT2D eigenvalue weighted by molar-refractivity contribution is -0.138. The van der Waals surface area contributed by atoms with Crippen molar-refractivity contribution in [1.82, 2.24) is 9.97 Å². The maximum absolute atomic E-state index is 11.8. The number of hydrogen-bond donors (Lipinski definition) is 3. The van der Waals surface area contributed by atoms with E-state index in [1.807, 2.05) is 6.92 Å². The largest absolute Gasteiger partial charge is 0.519 e. The van der Waals surface area contributed by atoms with Gasteiger partial charge in [0.1, 0.15) is 17.2 Å². The molecule has 0 spiro atoms. The van der Waals surface area contributed by atoms with Gasteiger partial charge in [0, 0.05) is 6.42 Å². The van der Waals surface area contributed by atoms with Gasteiger partial charge in [-0.3, -0.25) is 4.79 Å². The van der Waals surface area contributed by atoms with Crippen molar-refractivity contribution in [3.63, 3.8) is 0 Å². The summed E-state index contributed by atoms with van der Waals surface area (Å²) in [6, 6.07) is 0. The Kier molecular flexibility index (Phi) is 4.46. The van der Waals surface area contributed by atoms with Gasteiger partial charge in [0.2, 0.25) is 0 Å². The lowest BCUT2D eigenvalue weighted by Gasteiger charge is -2.18. The fraction of sp³-hybridized carbons (Fsp3) is 0.533. The van der Waals surface area contributed by atoms with Crippen molar-refractivity contribution in [2.75, 3.05) is 0 Å². The number of nitrogens with zero attached hydrogens (tertiary/aromatic N) is 1. The highest BCUT2D eigenvalue weighted by Crippen LogP contribution is 2.33. The normalized spacial score (nSPS) is 13.3. The molecule has 1 unspecified atom stereocenters. The Morgan fingerprint density at radius 1 is 1.39 bits per heavy atom. The molecular weight excluding hydrogens is 304 g/mol. The number of nitrogens with one attached hydrogen (secondary N) is 1. The highest BCUT2D eigenvalue weighted by atomic mass is 16.6. The van der Waals surface area contributed by atoms with Crippen molar-refractivity contribution in [2.24, 2.45) is 0 Å². The Balaban J connectivity index is 2.66. The fourth-order valence-electron chi connectivity index (χ4n) is 2.45. The molecular formula is C15H20N2O6. The molecule has 2 aromatic rings. The third-order valence-corrected chi connectivity index (χ3v) is 3.42. The molecule has 0 saturated carbocycles. The number of H-pyrrole nitrogens is 1. The van der Waals surface area contributed by atoms with Crippen molar-refractivity contribution in [3.05, 3.63) is 39.3 Å². The first-order valence-corrected chi connectivity index (χ1v) is 7.30. The third kappa shape index (κ3) is 3.37. The van der Waals surface area contributed by atoms with Crippen LogP contribution in [-0.4, -0.2) is 26.2 Å². The standard InChI is InChI=1S/C15H20N2O6/c1-5-6-8-16-10(12(17-8)15(3,4)21)9(13(18)19)11-7(2)22-14(20)23-11/h9,21H,5-6H2,1-4H3,(H,16,17)(H,18,19). The first-order chi connectivity index (χ1) is 10.6. The van der Waals surface area contributed by atoms with Gasteiger partial charge in [-0.25, -0.2) is 9.78 Å². The number of imidazole rings is 1. The Labute approximate surface area is 132 Å². The average molecular weight is 324 g/mol. The second-order valence-corrected chi connectivity index (χ2v) is 5.90. The minimum atomic E-state index is -1.36. The number of aliphatic carboxylic acids is 1. The smallest absolute Gasteiger partial charge is 0.480 e. The van der Waals surface area contributed by atoms with Crippen molar-refractivity contribution in [2.45, 2.75) is 52.1 Å². The molecule has 0 bridgehead atoms. The summed E-state index contributed by atoms with van der Waals surface area (Å²) >= 11 is 0. The van der Waals surface area contributed by atoms with Gasteiger partial charge < -0.3 is 24.0 Å². The van der Waals surface area contributed by atoms with E-state index < -0.39 is 23.3 Å². The number of carboxylic acid groups (broad SMARTS) is 1. The van der Waals surface area contributed by atoms with Crippen LogP contribution in [0.2, 0.25) is 0 Å². The molecule has 2 aromatic heterocycles. The molecule has 0 fully saturated rings. The van der Waals surface area contributed by atoms with E-state index >= 15 is 0 Å². The van der Waals surface area contributed by atoms with E-state index in [4.69, 9.17) is 8.83 Å². The van der Waals surface area contributed by atoms with Gasteiger partial charge in [-0.1, -0.05) is 6.92 Å². The Bertz CT molecular complexity index is 762. The zero-order valence-electron chi connectivity index (χ0n) is 13.5. The summed E-state index contributed by atoms with van der Waals surface area (Å²) in [5.74, 6) is -3.00. The van der Waals surface area contributed by atoms with Crippen molar-refractivity contribution >= 4 is 5.97 Å². The van der Waals surface area contributed by atoms with Crippen molar-refractivity contribution < 1.29 is 23.8 Å². The zero-order chi connectivity index (χ0) is 17.4. The minimum Gasteiger partial charge on any atom is -0.480 e. The monoisotopic (exact) mass is 324 g/mol. The summed E-state index contributed by atoms with van der Waals surface area (Å²) in [4.78, 5) is 30.3. The van der Waals surface area contributed by atoms with Gasteiger partial charge in [0.25, 0.3) is 0 Å². The van der Waals surface area contributed by atoms with E-state index in [0.717, 1.165) is 6.42 Å². The topological polar surface area (TPSA) is 130 Å². The van der Waals surface area contributed by atoms with E-state index in [1.54, 1.807) is 0 Å². The average Bonchev–Trinajstić information content (AvgIpc) is 2.94. The molecule has 2 heterocycles. The molecule has 0 radical (unpaired) electrons. The predicted octanol–water partition coefficient (Wildman–Crippen LogP) is 1.66. The van der Waals surface area contributed by atoms with Gasteiger partial charge in [-0.05, 0) is 27.2 Å². The molecule has 1 atom stereocenters. The van der Waals surface area contributed by atoms with Crippen LogP contribution in [0.1, 0.15) is 61.8 Å². The number of aryl methyl sites for hydroxylation is 2. The van der Waals surface area contributed by atoms with Gasteiger partial charge in [-0.2, -0.15) is 0 Å². The molecule has 0 saturated heterocycles. The SMILES string of the molecule is CCCc1nc(C(C)(C)O)c(C(C(=O)O)c2oc(=O)oc2C)[nH]1. The Hall–Kier alpha value is -2.35. The maximum atomic E-state index is 11.8.